The Kier molecular flexibility index (Phi) is 8.74. The van der Waals surface area contributed by atoms with Crippen LogP contribution in [0.1, 0.15) is 25.3 Å². The topological polar surface area (TPSA) is 82.1 Å². The molecule has 2 amide bonds. The number of esters is 1. The van der Waals surface area contributed by atoms with Crippen molar-refractivity contribution < 1.29 is 28.6 Å². The summed E-state index contributed by atoms with van der Waals surface area (Å²) in [5.74, 6) is 0.208. The molecule has 1 aliphatic heterocycles. The number of imide groups is 1. The number of thioether (sulfide) groups is 1. The van der Waals surface area contributed by atoms with Crippen molar-refractivity contribution in [3.63, 3.8) is 0 Å². The number of hydrogen-bond donors (Lipinski definition) is 0. The molecule has 0 aliphatic carbocycles. The highest BCUT2D eigenvalue weighted by atomic mass is 32.2. The fourth-order valence-electron chi connectivity index (χ4n) is 2.84. The van der Waals surface area contributed by atoms with Crippen LogP contribution in [0, 0.1) is 0 Å². The van der Waals surface area contributed by atoms with Crippen LogP contribution in [-0.2, 0) is 14.3 Å². The van der Waals surface area contributed by atoms with E-state index < -0.39 is 17.1 Å². The highest BCUT2D eigenvalue weighted by molar-refractivity contribution is 8.18. The molecule has 2 aromatic rings. The molecule has 1 saturated heterocycles. The smallest absolute Gasteiger partial charge is 0.326 e. The number of rotatable bonds is 11. The van der Waals surface area contributed by atoms with Crippen molar-refractivity contribution >= 4 is 35.0 Å². The van der Waals surface area contributed by atoms with Gasteiger partial charge in [0.1, 0.15) is 31.3 Å². The molecule has 7 nitrogen and oxygen atoms in total. The first-order chi connectivity index (χ1) is 15.6. The zero-order valence-electron chi connectivity index (χ0n) is 17.8. The molecule has 2 aromatic carbocycles. The summed E-state index contributed by atoms with van der Waals surface area (Å²) >= 11 is 0.792. The molecule has 1 heterocycles. The Morgan fingerprint density at radius 2 is 1.69 bits per heavy atom. The second-order valence-electron chi connectivity index (χ2n) is 6.89. The van der Waals surface area contributed by atoms with Crippen LogP contribution >= 0.6 is 11.8 Å². The van der Waals surface area contributed by atoms with Gasteiger partial charge in [-0.2, -0.15) is 0 Å². The second kappa shape index (κ2) is 12.0. The average molecular weight is 456 g/mol. The quantitative estimate of drug-likeness (QED) is 0.280. The van der Waals surface area contributed by atoms with Crippen LogP contribution in [0.25, 0.3) is 6.08 Å². The molecule has 0 aromatic heterocycles. The Morgan fingerprint density at radius 1 is 0.969 bits per heavy atom. The molecule has 8 heteroatoms. The highest BCUT2D eigenvalue weighted by Crippen LogP contribution is 2.33. The van der Waals surface area contributed by atoms with Crippen molar-refractivity contribution in [3.05, 3.63) is 65.1 Å². The maximum absolute atomic E-state index is 12.7. The van der Waals surface area contributed by atoms with Crippen molar-refractivity contribution in [2.24, 2.45) is 0 Å². The number of benzene rings is 2. The Morgan fingerprint density at radius 3 is 2.47 bits per heavy atom. The maximum atomic E-state index is 12.7. The lowest BCUT2D eigenvalue weighted by Crippen LogP contribution is -2.34. The maximum Gasteiger partial charge on any atom is 0.326 e. The van der Waals surface area contributed by atoms with Crippen molar-refractivity contribution in [2.45, 2.75) is 19.8 Å². The first kappa shape index (κ1) is 23.4. The van der Waals surface area contributed by atoms with E-state index in [1.165, 1.54) is 0 Å². The lowest BCUT2D eigenvalue weighted by Gasteiger charge is -2.12. The number of nitrogens with zero attached hydrogens (tertiary/aromatic N) is 1. The van der Waals surface area contributed by atoms with Gasteiger partial charge in [-0.3, -0.25) is 19.3 Å². The first-order valence-corrected chi connectivity index (χ1v) is 11.2. The van der Waals surface area contributed by atoms with E-state index in [1.807, 2.05) is 49.4 Å². The number of carbonyl (C=O) groups excluding carboxylic acids is 3. The van der Waals surface area contributed by atoms with Gasteiger partial charge in [0.05, 0.1) is 11.5 Å². The van der Waals surface area contributed by atoms with Crippen LogP contribution in [0.3, 0.4) is 0 Å². The summed E-state index contributed by atoms with van der Waals surface area (Å²) in [4.78, 5) is 38.0. The Hall–Kier alpha value is -3.26. The standard InChI is InChI=1S/C24H25NO6S/c1-2-3-13-31-22(26)17-25-23(27)21(32-24(25)28)16-18-9-7-8-12-20(18)30-15-14-29-19-10-5-4-6-11-19/h4-12,16H,2-3,13-15,17H2,1H3/b21-16+. The van der Waals surface area contributed by atoms with Gasteiger partial charge < -0.3 is 14.2 Å². The molecule has 0 bridgehead atoms. The van der Waals surface area contributed by atoms with Crippen LogP contribution in [0.4, 0.5) is 4.79 Å². The molecule has 0 atom stereocenters. The molecule has 0 N–H and O–H groups in total. The summed E-state index contributed by atoms with van der Waals surface area (Å²) in [6, 6.07) is 16.6. The van der Waals surface area contributed by atoms with E-state index in [4.69, 9.17) is 14.2 Å². The van der Waals surface area contributed by atoms with Crippen molar-refractivity contribution in [3.8, 4) is 11.5 Å². The van der Waals surface area contributed by atoms with Gasteiger partial charge in [0, 0.05) is 5.56 Å². The van der Waals surface area contributed by atoms with Gasteiger partial charge in [-0.15, -0.1) is 0 Å². The predicted octanol–water partition coefficient (Wildman–Crippen LogP) is 4.52. The van der Waals surface area contributed by atoms with Gasteiger partial charge >= 0.3 is 5.97 Å². The van der Waals surface area contributed by atoms with Crippen LogP contribution in [-0.4, -0.2) is 48.4 Å². The minimum absolute atomic E-state index is 0.230. The molecule has 3 rings (SSSR count). The molecule has 0 radical (unpaired) electrons. The fraction of sp³-hybridized carbons (Fsp3) is 0.292. The SMILES string of the molecule is CCCCOC(=O)CN1C(=O)S/C(=C/c2ccccc2OCCOc2ccccc2)C1=O. The lowest BCUT2D eigenvalue weighted by atomic mass is 10.2. The average Bonchev–Trinajstić information content (AvgIpc) is 3.06. The summed E-state index contributed by atoms with van der Waals surface area (Å²) in [6.07, 6.45) is 3.22. The summed E-state index contributed by atoms with van der Waals surface area (Å²) in [5, 5.41) is -0.497. The van der Waals surface area contributed by atoms with Crippen molar-refractivity contribution in [1.82, 2.24) is 4.90 Å². The number of unbranched alkanes of at least 4 members (excludes halogenated alkanes) is 1. The van der Waals surface area contributed by atoms with Crippen LogP contribution in [0.2, 0.25) is 0 Å². The van der Waals surface area contributed by atoms with E-state index in [1.54, 1.807) is 18.2 Å². The Bertz CT molecular complexity index is 975. The van der Waals surface area contributed by atoms with E-state index in [9.17, 15) is 14.4 Å². The molecular formula is C24H25NO6S. The largest absolute Gasteiger partial charge is 0.490 e. The van der Waals surface area contributed by atoms with Gasteiger partial charge in [0.15, 0.2) is 0 Å². The Balaban J connectivity index is 1.59. The van der Waals surface area contributed by atoms with Crippen LogP contribution in [0.15, 0.2) is 59.5 Å². The third-order valence-electron chi connectivity index (χ3n) is 4.48. The predicted molar refractivity (Wildman–Crippen MR) is 122 cm³/mol. The summed E-state index contributed by atoms with van der Waals surface area (Å²) < 4.78 is 16.5. The lowest BCUT2D eigenvalue weighted by molar-refractivity contribution is -0.146. The van der Waals surface area contributed by atoms with Crippen molar-refractivity contribution in [2.75, 3.05) is 26.4 Å². The van der Waals surface area contributed by atoms with Crippen LogP contribution < -0.4 is 9.47 Å². The molecule has 1 aliphatic rings. The Labute approximate surface area is 191 Å². The van der Waals surface area contributed by atoms with E-state index in [2.05, 4.69) is 0 Å². The van der Waals surface area contributed by atoms with Gasteiger partial charge in [-0.1, -0.05) is 49.7 Å². The number of hydrogen-bond acceptors (Lipinski definition) is 7. The van der Waals surface area contributed by atoms with Gasteiger partial charge in [-0.05, 0) is 42.5 Å². The van der Waals surface area contributed by atoms with E-state index >= 15 is 0 Å². The van der Waals surface area contributed by atoms with Gasteiger partial charge in [0.25, 0.3) is 11.1 Å². The molecule has 0 saturated carbocycles. The van der Waals surface area contributed by atoms with Crippen LogP contribution in [0.5, 0.6) is 11.5 Å². The minimum atomic E-state index is -0.593. The fourth-order valence-corrected chi connectivity index (χ4v) is 3.67. The third-order valence-corrected chi connectivity index (χ3v) is 5.39. The van der Waals surface area contributed by atoms with E-state index in [-0.39, 0.29) is 18.1 Å². The second-order valence-corrected chi connectivity index (χ2v) is 7.88. The molecular weight excluding hydrogens is 430 g/mol. The number of carbonyl (C=O) groups is 3. The van der Waals surface area contributed by atoms with Crippen molar-refractivity contribution in [1.29, 1.82) is 0 Å². The zero-order chi connectivity index (χ0) is 22.8. The third kappa shape index (κ3) is 6.62. The highest BCUT2D eigenvalue weighted by Gasteiger charge is 2.36. The number of amides is 2. The van der Waals surface area contributed by atoms with E-state index in [0.717, 1.165) is 35.3 Å². The summed E-state index contributed by atoms with van der Waals surface area (Å²) in [5.41, 5.74) is 0.656. The monoisotopic (exact) mass is 455 g/mol. The molecule has 1 fully saturated rings. The first-order valence-electron chi connectivity index (χ1n) is 10.4. The number of para-hydroxylation sites is 2. The van der Waals surface area contributed by atoms with Gasteiger partial charge in [0.2, 0.25) is 0 Å². The van der Waals surface area contributed by atoms with E-state index in [0.29, 0.717) is 24.5 Å². The molecule has 32 heavy (non-hydrogen) atoms. The summed E-state index contributed by atoms with van der Waals surface area (Å²) in [6.45, 7) is 2.54. The normalized spacial score (nSPS) is 14.7. The molecule has 0 spiro atoms. The zero-order valence-corrected chi connectivity index (χ0v) is 18.6. The minimum Gasteiger partial charge on any atom is -0.490 e. The molecule has 0 unspecified atom stereocenters. The van der Waals surface area contributed by atoms with Gasteiger partial charge in [-0.25, -0.2) is 0 Å². The molecule has 168 valence electrons. The number of ether oxygens (including phenoxy) is 3. The summed E-state index contributed by atoms with van der Waals surface area (Å²) in [7, 11) is 0.